The van der Waals surface area contributed by atoms with Gasteiger partial charge in [-0.1, -0.05) is 48.5 Å². The van der Waals surface area contributed by atoms with Crippen molar-refractivity contribution in [1.29, 1.82) is 0 Å². The van der Waals surface area contributed by atoms with Gasteiger partial charge >= 0.3 is 0 Å². The molecule has 26 heavy (non-hydrogen) atoms. The van der Waals surface area contributed by atoms with Crippen LogP contribution in [-0.2, 0) is 4.79 Å². The second-order valence-corrected chi connectivity index (χ2v) is 7.41. The Morgan fingerprint density at radius 1 is 0.885 bits per heavy atom. The van der Waals surface area contributed by atoms with Crippen molar-refractivity contribution in [3.05, 3.63) is 89.5 Å². The van der Waals surface area contributed by atoms with Crippen molar-refractivity contribution in [2.75, 3.05) is 11.1 Å². The predicted molar refractivity (Wildman–Crippen MR) is 110 cm³/mol. The SMILES string of the molecule is Cc1cccc(C)c1NC(=O)C(Sc1ccc(N)cc1)c1ccccc1. The van der Waals surface area contributed by atoms with E-state index in [4.69, 9.17) is 5.73 Å². The average molecular weight is 362 g/mol. The van der Waals surface area contributed by atoms with Gasteiger partial charge in [-0.05, 0) is 54.8 Å². The molecular formula is C22H22N2OS. The Hall–Kier alpha value is -2.72. The first kappa shape index (κ1) is 18.1. The van der Waals surface area contributed by atoms with Crippen molar-refractivity contribution in [1.82, 2.24) is 0 Å². The van der Waals surface area contributed by atoms with E-state index in [1.165, 1.54) is 11.8 Å². The normalized spacial score (nSPS) is 11.8. The summed E-state index contributed by atoms with van der Waals surface area (Å²) in [4.78, 5) is 14.1. The Kier molecular flexibility index (Phi) is 5.64. The minimum atomic E-state index is -0.348. The minimum absolute atomic E-state index is 0.0320. The quantitative estimate of drug-likeness (QED) is 0.475. The molecule has 3 aromatic rings. The molecule has 0 aliphatic heterocycles. The summed E-state index contributed by atoms with van der Waals surface area (Å²) in [6, 6.07) is 23.5. The molecule has 0 saturated heterocycles. The number of aryl methyl sites for hydroxylation is 2. The molecule has 4 heteroatoms. The lowest BCUT2D eigenvalue weighted by atomic mass is 10.1. The van der Waals surface area contributed by atoms with Crippen LogP contribution in [0.3, 0.4) is 0 Å². The standard InChI is InChI=1S/C22H22N2OS/c1-15-7-6-8-16(2)20(15)24-22(25)21(17-9-4-3-5-10-17)26-19-13-11-18(23)12-14-19/h3-14,21H,23H2,1-2H3,(H,24,25). The number of hydrogen-bond donors (Lipinski definition) is 2. The summed E-state index contributed by atoms with van der Waals surface area (Å²) in [5.74, 6) is -0.0320. The maximum absolute atomic E-state index is 13.1. The smallest absolute Gasteiger partial charge is 0.242 e. The van der Waals surface area contributed by atoms with Crippen molar-refractivity contribution in [3.63, 3.8) is 0 Å². The number of para-hydroxylation sites is 1. The number of rotatable bonds is 5. The highest BCUT2D eigenvalue weighted by Crippen LogP contribution is 2.37. The van der Waals surface area contributed by atoms with Gasteiger partial charge in [-0.3, -0.25) is 4.79 Å². The van der Waals surface area contributed by atoms with Crippen molar-refractivity contribution < 1.29 is 4.79 Å². The van der Waals surface area contributed by atoms with Gasteiger partial charge in [0.25, 0.3) is 0 Å². The Labute approximate surface area is 158 Å². The molecule has 0 heterocycles. The molecule has 0 bridgehead atoms. The highest BCUT2D eigenvalue weighted by Gasteiger charge is 2.23. The first-order valence-corrected chi connectivity index (χ1v) is 9.37. The molecule has 3 nitrogen and oxygen atoms in total. The minimum Gasteiger partial charge on any atom is -0.399 e. The van der Waals surface area contributed by atoms with E-state index < -0.39 is 0 Å². The monoisotopic (exact) mass is 362 g/mol. The van der Waals surface area contributed by atoms with Crippen LogP contribution in [-0.4, -0.2) is 5.91 Å². The summed E-state index contributed by atoms with van der Waals surface area (Å²) >= 11 is 1.52. The molecule has 0 spiro atoms. The van der Waals surface area contributed by atoms with E-state index in [2.05, 4.69) is 5.32 Å². The zero-order valence-electron chi connectivity index (χ0n) is 14.9. The Balaban J connectivity index is 1.90. The lowest BCUT2D eigenvalue weighted by molar-refractivity contribution is -0.115. The number of hydrogen-bond acceptors (Lipinski definition) is 3. The van der Waals surface area contributed by atoms with Gasteiger partial charge in [0, 0.05) is 16.3 Å². The molecule has 1 amide bonds. The number of carbonyl (C=O) groups excluding carboxylic acids is 1. The fraction of sp³-hybridized carbons (Fsp3) is 0.136. The van der Waals surface area contributed by atoms with Gasteiger partial charge in [0.1, 0.15) is 5.25 Å². The summed E-state index contributed by atoms with van der Waals surface area (Å²) in [6.07, 6.45) is 0. The molecule has 0 aliphatic rings. The largest absolute Gasteiger partial charge is 0.399 e. The molecule has 0 aliphatic carbocycles. The van der Waals surface area contributed by atoms with Crippen molar-refractivity contribution in [2.45, 2.75) is 24.0 Å². The molecule has 3 aromatic carbocycles. The lowest BCUT2D eigenvalue weighted by Gasteiger charge is -2.19. The van der Waals surface area contributed by atoms with E-state index in [0.29, 0.717) is 5.69 Å². The second kappa shape index (κ2) is 8.11. The molecule has 3 rings (SSSR count). The van der Waals surface area contributed by atoms with Crippen LogP contribution in [0.4, 0.5) is 11.4 Å². The molecule has 0 radical (unpaired) electrons. The highest BCUT2D eigenvalue weighted by molar-refractivity contribution is 8.00. The first-order valence-electron chi connectivity index (χ1n) is 8.49. The topological polar surface area (TPSA) is 55.1 Å². The molecule has 3 N–H and O–H groups in total. The summed E-state index contributed by atoms with van der Waals surface area (Å²) in [6.45, 7) is 4.01. The molecule has 0 fully saturated rings. The zero-order chi connectivity index (χ0) is 18.5. The highest BCUT2D eigenvalue weighted by atomic mass is 32.2. The van der Waals surface area contributed by atoms with Crippen molar-refractivity contribution >= 4 is 29.0 Å². The van der Waals surface area contributed by atoms with Crippen LogP contribution in [0.25, 0.3) is 0 Å². The van der Waals surface area contributed by atoms with Crippen LogP contribution in [0.5, 0.6) is 0 Å². The van der Waals surface area contributed by atoms with Gasteiger partial charge in [-0.25, -0.2) is 0 Å². The third-order valence-electron chi connectivity index (χ3n) is 4.20. The van der Waals surface area contributed by atoms with E-state index in [-0.39, 0.29) is 11.2 Å². The van der Waals surface area contributed by atoms with Gasteiger partial charge < -0.3 is 11.1 Å². The molecule has 0 saturated carbocycles. The van der Waals surface area contributed by atoms with E-state index in [1.807, 2.05) is 86.6 Å². The fourth-order valence-electron chi connectivity index (χ4n) is 2.78. The number of anilines is 2. The second-order valence-electron chi connectivity index (χ2n) is 6.23. The number of nitrogen functional groups attached to an aromatic ring is 1. The van der Waals surface area contributed by atoms with Gasteiger partial charge in [-0.2, -0.15) is 0 Å². The van der Waals surface area contributed by atoms with Gasteiger partial charge in [0.15, 0.2) is 0 Å². The lowest BCUT2D eigenvalue weighted by Crippen LogP contribution is -2.20. The number of benzene rings is 3. The maximum atomic E-state index is 13.1. The molecule has 1 atom stereocenters. The summed E-state index contributed by atoms with van der Waals surface area (Å²) < 4.78 is 0. The molecule has 132 valence electrons. The van der Waals surface area contributed by atoms with E-state index in [0.717, 1.165) is 27.3 Å². The van der Waals surface area contributed by atoms with Gasteiger partial charge in [-0.15, -0.1) is 11.8 Å². The van der Waals surface area contributed by atoms with Crippen LogP contribution in [0.2, 0.25) is 0 Å². The number of thioether (sulfide) groups is 1. The maximum Gasteiger partial charge on any atom is 0.242 e. The third-order valence-corrected chi connectivity index (χ3v) is 5.47. The van der Waals surface area contributed by atoms with E-state index >= 15 is 0 Å². The van der Waals surface area contributed by atoms with E-state index in [1.54, 1.807) is 0 Å². The zero-order valence-corrected chi connectivity index (χ0v) is 15.7. The van der Waals surface area contributed by atoms with Crippen LogP contribution < -0.4 is 11.1 Å². The van der Waals surface area contributed by atoms with Gasteiger partial charge in [0.05, 0.1) is 0 Å². The summed E-state index contributed by atoms with van der Waals surface area (Å²) in [7, 11) is 0. The predicted octanol–water partition coefficient (Wildman–Crippen LogP) is 5.36. The van der Waals surface area contributed by atoms with Crippen LogP contribution >= 0.6 is 11.8 Å². The van der Waals surface area contributed by atoms with Crippen LogP contribution in [0, 0.1) is 13.8 Å². The first-order chi connectivity index (χ1) is 12.5. The Morgan fingerprint density at radius 3 is 2.12 bits per heavy atom. The third kappa shape index (κ3) is 4.27. The molecule has 0 aromatic heterocycles. The van der Waals surface area contributed by atoms with Crippen LogP contribution in [0.15, 0.2) is 77.7 Å². The summed E-state index contributed by atoms with van der Waals surface area (Å²) in [5.41, 5.74) is 10.5. The number of carbonyl (C=O) groups is 1. The van der Waals surface area contributed by atoms with E-state index in [9.17, 15) is 4.79 Å². The number of nitrogens with one attached hydrogen (secondary N) is 1. The van der Waals surface area contributed by atoms with Crippen LogP contribution in [0.1, 0.15) is 21.9 Å². The summed E-state index contributed by atoms with van der Waals surface area (Å²) in [5, 5.41) is 2.78. The van der Waals surface area contributed by atoms with Gasteiger partial charge in [0.2, 0.25) is 5.91 Å². The number of nitrogens with two attached hydrogens (primary N) is 1. The number of amides is 1. The van der Waals surface area contributed by atoms with Crippen molar-refractivity contribution in [2.24, 2.45) is 0 Å². The Morgan fingerprint density at radius 2 is 1.50 bits per heavy atom. The fourth-order valence-corrected chi connectivity index (χ4v) is 3.81. The Bertz CT molecular complexity index is 872. The molecule has 1 unspecified atom stereocenters. The molecular weight excluding hydrogens is 340 g/mol. The van der Waals surface area contributed by atoms with Crippen molar-refractivity contribution in [3.8, 4) is 0 Å². The average Bonchev–Trinajstić information content (AvgIpc) is 2.65.